The number of aromatic nitrogens is 3. The van der Waals surface area contributed by atoms with Crippen molar-refractivity contribution in [2.45, 2.75) is 5.33 Å². The summed E-state index contributed by atoms with van der Waals surface area (Å²) in [6, 6.07) is 16.0. The van der Waals surface area contributed by atoms with Crippen molar-refractivity contribution in [3.63, 3.8) is 0 Å². The van der Waals surface area contributed by atoms with E-state index in [1.165, 1.54) is 0 Å². The Morgan fingerprint density at radius 3 is 2.67 bits per heavy atom. The van der Waals surface area contributed by atoms with Crippen LogP contribution in [0.4, 0.5) is 0 Å². The standard InChI is InChI=1S/C15H11Br2N3O/c16-9-11-6-7-12(17)8-14(11)21-15-18-10-20(19-15)13-4-2-1-3-5-13/h1-8,10H,9H2. The summed E-state index contributed by atoms with van der Waals surface area (Å²) in [5.74, 6) is 0.729. The highest BCUT2D eigenvalue weighted by molar-refractivity contribution is 9.10. The lowest BCUT2D eigenvalue weighted by Gasteiger charge is -2.06. The summed E-state index contributed by atoms with van der Waals surface area (Å²) in [7, 11) is 0. The van der Waals surface area contributed by atoms with Crippen LogP contribution >= 0.6 is 31.9 Å². The van der Waals surface area contributed by atoms with Crippen LogP contribution < -0.4 is 4.74 Å². The first-order valence-corrected chi connectivity index (χ1v) is 8.17. The molecule has 0 aliphatic heterocycles. The fourth-order valence-electron chi connectivity index (χ4n) is 1.83. The van der Waals surface area contributed by atoms with Crippen LogP contribution in [0.25, 0.3) is 5.69 Å². The van der Waals surface area contributed by atoms with E-state index in [9.17, 15) is 0 Å². The molecule has 0 fully saturated rings. The van der Waals surface area contributed by atoms with Gasteiger partial charge in [0.2, 0.25) is 0 Å². The number of hydrogen-bond acceptors (Lipinski definition) is 3. The van der Waals surface area contributed by atoms with Gasteiger partial charge in [0, 0.05) is 15.4 Å². The first-order valence-electron chi connectivity index (χ1n) is 6.25. The predicted octanol–water partition coefficient (Wildman–Crippen LogP) is 4.72. The second-order valence-corrected chi connectivity index (χ2v) is 5.77. The Kier molecular flexibility index (Phi) is 4.36. The Labute approximate surface area is 139 Å². The van der Waals surface area contributed by atoms with Crippen molar-refractivity contribution in [1.82, 2.24) is 14.8 Å². The first kappa shape index (κ1) is 14.3. The van der Waals surface area contributed by atoms with Gasteiger partial charge in [-0.1, -0.05) is 56.1 Å². The molecule has 0 atom stereocenters. The van der Waals surface area contributed by atoms with Crippen LogP contribution in [0, 0.1) is 0 Å². The highest BCUT2D eigenvalue weighted by Gasteiger charge is 2.09. The monoisotopic (exact) mass is 407 g/mol. The zero-order valence-electron chi connectivity index (χ0n) is 10.9. The molecule has 0 bridgehead atoms. The minimum atomic E-state index is 0.319. The van der Waals surface area contributed by atoms with Crippen molar-refractivity contribution >= 4 is 31.9 Å². The topological polar surface area (TPSA) is 39.9 Å². The smallest absolute Gasteiger partial charge is 0.341 e. The molecule has 0 amide bonds. The fourth-order valence-corrected chi connectivity index (χ4v) is 2.64. The molecular weight excluding hydrogens is 398 g/mol. The van der Waals surface area contributed by atoms with Crippen molar-refractivity contribution in [1.29, 1.82) is 0 Å². The maximum absolute atomic E-state index is 5.78. The second-order valence-electron chi connectivity index (χ2n) is 4.29. The Morgan fingerprint density at radius 1 is 1.10 bits per heavy atom. The molecule has 21 heavy (non-hydrogen) atoms. The lowest BCUT2D eigenvalue weighted by atomic mass is 10.2. The molecule has 1 heterocycles. The van der Waals surface area contributed by atoms with E-state index in [2.05, 4.69) is 41.9 Å². The van der Waals surface area contributed by atoms with Crippen LogP contribution in [0.5, 0.6) is 11.8 Å². The number of ether oxygens (including phenoxy) is 1. The normalized spacial score (nSPS) is 10.6. The van der Waals surface area contributed by atoms with Crippen LogP contribution in [0.2, 0.25) is 0 Å². The summed E-state index contributed by atoms with van der Waals surface area (Å²) in [6.07, 6.45) is 1.64. The van der Waals surface area contributed by atoms with Crippen molar-refractivity contribution in [3.05, 3.63) is 64.9 Å². The van der Waals surface area contributed by atoms with E-state index in [1.807, 2.05) is 48.5 Å². The number of halogens is 2. The molecule has 0 N–H and O–H groups in total. The Balaban J connectivity index is 1.87. The van der Waals surface area contributed by atoms with Crippen molar-refractivity contribution < 1.29 is 4.74 Å². The Hall–Kier alpha value is -1.66. The highest BCUT2D eigenvalue weighted by Crippen LogP contribution is 2.28. The van der Waals surface area contributed by atoms with Gasteiger partial charge in [0.1, 0.15) is 12.1 Å². The fraction of sp³-hybridized carbons (Fsp3) is 0.0667. The van der Waals surface area contributed by atoms with Crippen molar-refractivity contribution in [2.75, 3.05) is 0 Å². The Bertz CT molecular complexity index is 744. The number of alkyl halides is 1. The van der Waals surface area contributed by atoms with Gasteiger partial charge in [-0.2, -0.15) is 4.98 Å². The van der Waals surface area contributed by atoms with E-state index < -0.39 is 0 Å². The molecule has 0 unspecified atom stereocenters. The average Bonchev–Trinajstić information content (AvgIpc) is 2.97. The van der Waals surface area contributed by atoms with Gasteiger partial charge in [0.25, 0.3) is 0 Å². The molecule has 6 heteroatoms. The highest BCUT2D eigenvalue weighted by atomic mass is 79.9. The SMILES string of the molecule is BrCc1ccc(Br)cc1Oc1ncn(-c2ccccc2)n1. The van der Waals surface area contributed by atoms with Gasteiger partial charge in [0.05, 0.1) is 5.69 Å². The molecule has 3 aromatic rings. The van der Waals surface area contributed by atoms with E-state index >= 15 is 0 Å². The van der Waals surface area contributed by atoms with Crippen LogP contribution in [-0.4, -0.2) is 14.8 Å². The van der Waals surface area contributed by atoms with Gasteiger partial charge in [-0.25, -0.2) is 4.68 Å². The zero-order chi connectivity index (χ0) is 14.7. The third-order valence-corrected chi connectivity index (χ3v) is 3.96. The predicted molar refractivity (Wildman–Crippen MR) is 88.2 cm³/mol. The first-order chi connectivity index (χ1) is 10.3. The summed E-state index contributed by atoms with van der Waals surface area (Å²) < 4.78 is 8.41. The summed E-state index contributed by atoms with van der Waals surface area (Å²) in [5, 5.41) is 5.04. The van der Waals surface area contributed by atoms with Crippen molar-refractivity contribution in [2.24, 2.45) is 0 Å². The molecule has 2 aromatic carbocycles. The van der Waals surface area contributed by atoms with E-state index in [-0.39, 0.29) is 0 Å². The van der Waals surface area contributed by atoms with Crippen LogP contribution in [0.1, 0.15) is 5.56 Å². The summed E-state index contributed by atoms with van der Waals surface area (Å²) in [4.78, 5) is 4.19. The Morgan fingerprint density at radius 2 is 1.90 bits per heavy atom. The van der Waals surface area contributed by atoms with Gasteiger partial charge in [-0.15, -0.1) is 5.10 Å². The number of rotatable bonds is 4. The largest absolute Gasteiger partial charge is 0.423 e. The number of nitrogens with zero attached hydrogens (tertiary/aromatic N) is 3. The molecule has 0 saturated heterocycles. The van der Waals surface area contributed by atoms with Gasteiger partial charge < -0.3 is 4.74 Å². The molecule has 0 radical (unpaired) electrons. The average molecular weight is 409 g/mol. The van der Waals surface area contributed by atoms with Crippen molar-refractivity contribution in [3.8, 4) is 17.4 Å². The number of hydrogen-bond donors (Lipinski definition) is 0. The lowest BCUT2D eigenvalue weighted by molar-refractivity contribution is 0.438. The molecule has 0 aliphatic rings. The molecule has 1 aromatic heterocycles. The van der Waals surface area contributed by atoms with Gasteiger partial charge in [-0.3, -0.25) is 0 Å². The number of benzene rings is 2. The molecular formula is C15H11Br2N3O. The second kappa shape index (κ2) is 6.41. The molecule has 0 saturated carbocycles. The van der Waals surface area contributed by atoms with E-state index in [1.54, 1.807) is 11.0 Å². The minimum Gasteiger partial charge on any atom is -0.423 e. The minimum absolute atomic E-state index is 0.319. The van der Waals surface area contributed by atoms with Gasteiger partial charge in [-0.05, 0) is 24.3 Å². The van der Waals surface area contributed by atoms with E-state index in [0.29, 0.717) is 11.3 Å². The maximum Gasteiger partial charge on any atom is 0.341 e. The zero-order valence-corrected chi connectivity index (χ0v) is 14.1. The van der Waals surface area contributed by atoms with E-state index in [4.69, 9.17) is 4.74 Å². The summed E-state index contributed by atoms with van der Waals surface area (Å²) in [6.45, 7) is 0. The lowest BCUT2D eigenvalue weighted by Crippen LogP contribution is -1.95. The number of para-hydroxylation sites is 1. The molecule has 0 aliphatic carbocycles. The van der Waals surface area contributed by atoms with E-state index in [0.717, 1.165) is 21.5 Å². The van der Waals surface area contributed by atoms with Crippen LogP contribution in [-0.2, 0) is 5.33 Å². The van der Waals surface area contributed by atoms with Gasteiger partial charge >= 0.3 is 6.01 Å². The third kappa shape index (κ3) is 3.33. The third-order valence-electron chi connectivity index (χ3n) is 2.87. The van der Waals surface area contributed by atoms with Crippen LogP contribution in [0.15, 0.2) is 59.3 Å². The van der Waals surface area contributed by atoms with Crippen LogP contribution in [0.3, 0.4) is 0 Å². The quantitative estimate of drug-likeness (QED) is 0.586. The van der Waals surface area contributed by atoms with Gasteiger partial charge in [0.15, 0.2) is 0 Å². The molecule has 4 nitrogen and oxygen atoms in total. The molecule has 106 valence electrons. The summed E-state index contributed by atoms with van der Waals surface area (Å²) in [5.41, 5.74) is 1.98. The molecule has 3 rings (SSSR count). The molecule has 0 spiro atoms. The summed E-state index contributed by atoms with van der Waals surface area (Å²) >= 11 is 6.89. The maximum atomic E-state index is 5.78.